The lowest BCUT2D eigenvalue weighted by molar-refractivity contribution is 0.102. The number of nitrogens with one attached hydrogen (secondary N) is 1. The second-order valence-electron chi connectivity index (χ2n) is 8.13. The highest BCUT2D eigenvalue weighted by Gasteiger charge is 2.18. The summed E-state index contributed by atoms with van der Waals surface area (Å²) in [5.41, 5.74) is 4.64. The Labute approximate surface area is 207 Å². The maximum atomic E-state index is 13.4. The van der Waals surface area contributed by atoms with Gasteiger partial charge < -0.3 is 14.8 Å². The highest BCUT2D eigenvalue weighted by atomic mass is 19.1. The molecule has 36 heavy (non-hydrogen) atoms. The molecule has 0 atom stereocenters. The Morgan fingerprint density at radius 2 is 1.69 bits per heavy atom. The molecule has 0 saturated heterocycles. The van der Waals surface area contributed by atoms with Gasteiger partial charge in [0.15, 0.2) is 11.5 Å². The summed E-state index contributed by atoms with van der Waals surface area (Å²) in [4.78, 5) is 18.2. The van der Waals surface area contributed by atoms with Gasteiger partial charge in [-0.15, -0.1) is 0 Å². The van der Waals surface area contributed by atoms with Gasteiger partial charge >= 0.3 is 0 Å². The molecule has 0 saturated carbocycles. The number of para-hydroxylation sites is 1. The van der Waals surface area contributed by atoms with Crippen molar-refractivity contribution < 1.29 is 18.7 Å². The Bertz CT molecular complexity index is 1580. The van der Waals surface area contributed by atoms with Crippen molar-refractivity contribution in [1.82, 2.24) is 14.8 Å². The van der Waals surface area contributed by atoms with E-state index in [1.165, 1.54) is 12.1 Å². The van der Waals surface area contributed by atoms with Gasteiger partial charge in [0.25, 0.3) is 5.91 Å². The molecule has 1 amide bonds. The minimum atomic E-state index is -0.315. The molecule has 0 fully saturated rings. The van der Waals surface area contributed by atoms with E-state index in [0.717, 1.165) is 22.3 Å². The fourth-order valence-electron chi connectivity index (χ4n) is 4.12. The first-order valence-electron chi connectivity index (χ1n) is 11.2. The molecule has 2 aromatic heterocycles. The summed E-state index contributed by atoms with van der Waals surface area (Å²) < 4.78 is 25.7. The van der Waals surface area contributed by atoms with Crippen LogP contribution in [0.15, 0.2) is 79.0 Å². The third-order valence-corrected chi connectivity index (χ3v) is 5.96. The fraction of sp³-hybridized carbons (Fsp3) is 0.107. The Kier molecular flexibility index (Phi) is 6.08. The molecule has 5 rings (SSSR count). The fourth-order valence-corrected chi connectivity index (χ4v) is 4.12. The minimum Gasteiger partial charge on any atom is -0.493 e. The zero-order chi connectivity index (χ0) is 25.2. The second-order valence-corrected chi connectivity index (χ2v) is 8.13. The van der Waals surface area contributed by atoms with Crippen LogP contribution in [0.5, 0.6) is 11.5 Å². The van der Waals surface area contributed by atoms with E-state index in [2.05, 4.69) is 10.4 Å². The Hall–Kier alpha value is -4.72. The number of benzene rings is 3. The smallest absolute Gasteiger partial charge is 0.256 e. The number of pyridine rings is 1. The number of halogens is 1. The zero-order valence-corrected chi connectivity index (χ0v) is 19.9. The molecule has 5 aromatic rings. The van der Waals surface area contributed by atoms with Crippen LogP contribution in [-0.2, 0) is 0 Å². The van der Waals surface area contributed by atoms with E-state index >= 15 is 0 Å². The van der Waals surface area contributed by atoms with Crippen LogP contribution in [0.25, 0.3) is 27.8 Å². The number of fused-ring (bicyclic) bond motifs is 1. The number of hydrogen-bond donors (Lipinski definition) is 1. The lowest BCUT2D eigenvalue weighted by Gasteiger charge is -2.13. The average Bonchev–Trinajstić information content (AvgIpc) is 3.29. The Morgan fingerprint density at radius 3 is 2.44 bits per heavy atom. The van der Waals surface area contributed by atoms with Crippen LogP contribution < -0.4 is 14.8 Å². The number of carbonyl (C=O) groups is 1. The van der Waals surface area contributed by atoms with Crippen molar-refractivity contribution >= 4 is 22.5 Å². The summed E-state index contributed by atoms with van der Waals surface area (Å²) in [6.45, 7) is 1.91. The topological polar surface area (TPSA) is 78.3 Å². The van der Waals surface area contributed by atoms with Gasteiger partial charge in [0.1, 0.15) is 5.82 Å². The normalized spacial score (nSPS) is 10.9. The number of carbonyl (C=O) groups excluding carboxylic acids is 1. The van der Waals surface area contributed by atoms with Gasteiger partial charge in [-0.2, -0.15) is 5.10 Å². The number of amides is 1. The standard InChI is InChI=1S/C28H23FN4O3/c1-17-23(16-30-33(17)20-11-8-18(29)9-12-20)25-15-22(21-6-4-5-7-24(21)32-25)28(34)31-19-10-13-26(35-2)27(14-19)36-3/h4-16H,1-3H3,(H,31,34). The summed E-state index contributed by atoms with van der Waals surface area (Å²) in [5.74, 6) is 0.482. The van der Waals surface area contributed by atoms with E-state index in [9.17, 15) is 9.18 Å². The molecule has 0 aliphatic carbocycles. The van der Waals surface area contributed by atoms with Crippen LogP contribution in [0.4, 0.5) is 10.1 Å². The van der Waals surface area contributed by atoms with Gasteiger partial charge in [0, 0.05) is 22.7 Å². The van der Waals surface area contributed by atoms with Crippen LogP contribution in [0, 0.1) is 12.7 Å². The van der Waals surface area contributed by atoms with Crippen LogP contribution in [0.2, 0.25) is 0 Å². The Morgan fingerprint density at radius 1 is 0.944 bits per heavy atom. The number of methoxy groups -OCH3 is 2. The number of aromatic nitrogens is 3. The van der Waals surface area contributed by atoms with Crippen molar-refractivity contribution in [3.05, 3.63) is 96.1 Å². The van der Waals surface area contributed by atoms with Crippen LogP contribution >= 0.6 is 0 Å². The van der Waals surface area contributed by atoms with Gasteiger partial charge in [-0.1, -0.05) is 18.2 Å². The second kappa shape index (κ2) is 9.50. The number of anilines is 1. The van der Waals surface area contributed by atoms with Crippen molar-refractivity contribution in [3.8, 4) is 28.4 Å². The molecule has 8 heteroatoms. The zero-order valence-electron chi connectivity index (χ0n) is 19.9. The molecule has 7 nitrogen and oxygen atoms in total. The predicted molar refractivity (Wildman–Crippen MR) is 136 cm³/mol. The van der Waals surface area contributed by atoms with Crippen molar-refractivity contribution in [2.75, 3.05) is 19.5 Å². The number of rotatable bonds is 6. The van der Waals surface area contributed by atoms with Crippen molar-refractivity contribution in [2.45, 2.75) is 6.92 Å². The molecule has 0 aliphatic rings. The van der Waals surface area contributed by atoms with Gasteiger partial charge in [0.2, 0.25) is 0 Å². The van der Waals surface area contributed by atoms with Gasteiger partial charge in [-0.05, 0) is 55.5 Å². The highest BCUT2D eigenvalue weighted by molar-refractivity contribution is 6.13. The van der Waals surface area contributed by atoms with E-state index in [-0.39, 0.29) is 11.7 Å². The Balaban J connectivity index is 1.56. The first-order chi connectivity index (χ1) is 17.5. The first-order valence-corrected chi connectivity index (χ1v) is 11.2. The van der Waals surface area contributed by atoms with Gasteiger partial charge in [0.05, 0.1) is 48.6 Å². The number of ether oxygens (including phenoxy) is 2. The maximum absolute atomic E-state index is 13.4. The highest BCUT2D eigenvalue weighted by Crippen LogP contribution is 2.31. The van der Waals surface area contributed by atoms with E-state index in [1.807, 2.05) is 31.2 Å². The predicted octanol–water partition coefficient (Wildman–Crippen LogP) is 5.80. The molecule has 2 heterocycles. The van der Waals surface area contributed by atoms with E-state index in [0.29, 0.717) is 34.0 Å². The van der Waals surface area contributed by atoms with Crippen molar-refractivity contribution in [3.63, 3.8) is 0 Å². The van der Waals surface area contributed by atoms with Crippen LogP contribution in [0.3, 0.4) is 0 Å². The molecule has 0 unspecified atom stereocenters. The maximum Gasteiger partial charge on any atom is 0.256 e. The monoisotopic (exact) mass is 482 g/mol. The summed E-state index contributed by atoms with van der Waals surface area (Å²) in [7, 11) is 3.10. The molecule has 0 bridgehead atoms. The SMILES string of the molecule is COc1ccc(NC(=O)c2cc(-c3cnn(-c4ccc(F)cc4)c3C)nc3ccccc23)cc1OC. The molecule has 0 aliphatic heterocycles. The summed E-state index contributed by atoms with van der Waals surface area (Å²) in [6, 6.07) is 20.5. The van der Waals surface area contributed by atoms with Crippen LogP contribution in [-0.4, -0.2) is 34.9 Å². The van der Waals surface area contributed by atoms with Crippen molar-refractivity contribution in [1.29, 1.82) is 0 Å². The molecular weight excluding hydrogens is 459 g/mol. The van der Waals surface area contributed by atoms with Crippen LogP contribution in [0.1, 0.15) is 16.1 Å². The summed E-state index contributed by atoms with van der Waals surface area (Å²) in [6.07, 6.45) is 1.70. The largest absolute Gasteiger partial charge is 0.493 e. The summed E-state index contributed by atoms with van der Waals surface area (Å²) in [5, 5.41) is 8.15. The lowest BCUT2D eigenvalue weighted by Crippen LogP contribution is -2.13. The first kappa shape index (κ1) is 23.0. The molecule has 1 N–H and O–H groups in total. The quantitative estimate of drug-likeness (QED) is 0.331. The van der Waals surface area contributed by atoms with Crippen molar-refractivity contribution in [2.24, 2.45) is 0 Å². The minimum absolute atomic E-state index is 0.286. The summed E-state index contributed by atoms with van der Waals surface area (Å²) >= 11 is 0. The molecule has 0 radical (unpaired) electrons. The number of nitrogens with zero attached hydrogens (tertiary/aromatic N) is 3. The van der Waals surface area contributed by atoms with E-state index in [1.54, 1.807) is 61.5 Å². The molecule has 180 valence electrons. The molecule has 0 spiro atoms. The molecular formula is C28H23FN4O3. The third-order valence-electron chi connectivity index (χ3n) is 5.96. The van der Waals surface area contributed by atoms with Gasteiger partial charge in [-0.25, -0.2) is 14.1 Å². The van der Waals surface area contributed by atoms with Gasteiger partial charge in [-0.3, -0.25) is 4.79 Å². The van der Waals surface area contributed by atoms with E-state index < -0.39 is 0 Å². The lowest BCUT2D eigenvalue weighted by atomic mass is 10.0. The molecule has 3 aromatic carbocycles. The average molecular weight is 483 g/mol. The number of hydrogen-bond acceptors (Lipinski definition) is 5. The van der Waals surface area contributed by atoms with E-state index in [4.69, 9.17) is 14.5 Å². The third kappa shape index (κ3) is 4.24.